The quantitative estimate of drug-likeness (QED) is 0.755. The minimum atomic E-state index is -0.441. The molecule has 0 aliphatic heterocycles. The molecule has 0 amide bonds. The zero-order valence-electron chi connectivity index (χ0n) is 9.63. The van der Waals surface area contributed by atoms with Gasteiger partial charge in [-0.1, -0.05) is 0 Å². The van der Waals surface area contributed by atoms with Crippen molar-refractivity contribution in [2.45, 2.75) is 6.54 Å². The number of aromatic amines is 1. The third-order valence-electron chi connectivity index (χ3n) is 2.38. The van der Waals surface area contributed by atoms with Gasteiger partial charge in [0.25, 0.3) is 5.56 Å². The number of nitrogen functional groups attached to an aromatic ring is 1. The van der Waals surface area contributed by atoms with Gasteiger partial charge < -0.3 is 10.5 Å². The molecule has 2 rings (SSSR count). The van der Waals surface area contributed by atoms with Crippen LogP contribution in [0.2, 0.25) is 0 Å². The van der Waals surface area contributed by atoms with Crippen molar-refractivity contribution >= 4 is 5.69 Å². The van der Waals surface area contributed by atoms with Gasteiger partial charge in [0, 0.05) is 18.0 Å². The zero-order chi connectivity index (χ0) is 13.0. The molecule has 0 radical (unpaired) electrons. The van der Waals surface area contributed by atoms with Crippen LogP contribution in [0.5, 0.6) is 5.75 Å². The van der Waals surface area contributed by atoms with Gasteiger partial charge in [0.1, 0.15) is 12.4 Å². The van der Waals surface area contributed by atoms with Crippen molar-refractivity contribution in [2.24, 2.45) is 0 Å². The van der Waals surface area contributed by atoms with E-state index in [2.05, 4.69) is 4.98 Å². The molecule has 1 heterocycles. The summed E-state index contributed by atoms with van der Waals surface area (Å²) in [5.74, 6) is 0.682. The third kappa shape index (κ3) is 3.00. The molecule has 18 heavy (non-hydrogen) atoms. The second kappa shape index (κ2) is 5.22. The van der Waals surface area contributed by atoms with Crippen LogP contribution < -0.4 is 21.7 Å². The first kappa shape index (κ1) is 12.0. The highest BCUT2D eigenvalue weighted by molar-refractivity contribution is 5.41. The molecule has 0 aliphatic rings. The second-order valence-corrected chi connectivity index (χ2v) is 3.72. The molecule has 2 aromatic rings. The fraction of sp³-hybridized carbons (Fsp3) is 0.167. The Morgan fingerprint density at radius 3 is 2.56 bits per heavy atom. The number of aromatic nitrogens is 2. The van der Waals surface area contributed by atoms with E-state index < -0.39 is 11.2 Å². The number of H-pyrrole nitrogens is 1. The SMILES string of the molecule is Nc1ccc(OCCn2ccc(=O)[nH]c2=O)cc1. The summed E-state index contributed by atoms with van der Waals surface area (Å²) < 4.78 is 6.82. The van der Waals surface area contributed by atoms with E-state index in [1.54, 1.807) is 24.3 Å². The maximum absolute atomic E-state index is 11.4. The van der Waals surface area contributed by atoms with Gasteiger partial charge in [0.2, 0.25) is 0 Å². The van der Waals surface area contributed by atoms with E-state index in [1.165, 1.54) is 16.8 Å². The van der Waals surface area contributed by atoms with Crippen LogP contribution in [-0.4, -0.2) is 16.2 Å². The molecule has 1 aromatic heterocycles. The molecule has 94 valence electrons. The fourth-order valence-corrected chi connectivity index (χ4v) is 1.45. The van der Waals surface area contributed by atoms with Crippen molar-refractivity contribution in [3.05, 3.63) is 57.4 Å². The minimum Gasteiger partial charge on any atom is -0.492 e. The summed E-state index contributed by atoms with van der Waals surface area (Å²) in [4.78, 5) is 24.4. The minimum absolute atomic E-state index is 0.329. The highest BCUT2D eigenvalue weighted by atomic mass is 16.5. The average molecular weight is 247 g/mol. The van der Waals surface area contributed by atoms with E-state index in [1.807, 2.05) is 0 Å². The summed E-state index contributed by atoms with van der Waals surface area (Å²) in [6, 6.07) is 8.28. The number of nitrogens with one attached hydrogen (secondary N) is 1. The Hall–Kier alpha value is -2.50. The van der Waals surface area contributed by atoms with E-state index in [0.29, 0.717) is 24.6 Å². The highest BCUT2D eigenvalue weighted by Crippen LogP contribution is 2.12. The van der Waals surface area contributed by atoms with Crippen LogP contribution >= 0.6 is 0 Å². The van der Waals surface area contributed by atoms with Crippen molar-refractivity contribution in [3.63, 3.8) is 0 Å². The fourth-order valence-electron chi connectivity index (χ4n) is 1.45. The summed E-state index contributed by atoms with van der Waals surface area (Å²) in [5, 5.41) is 0. The van der Waals surface area contributed by atoms with E-state index >= 15 is 0 Å². The van der Waals surface area contributed by atoms with Gasteiger partial charge in [-0.2, -0.15) is 0 Å². The van der Waals surface area contributed by atoms with E-state index in [4.69, 9.17) is 10.5 Å². The Labute approximate surface area is 103 Å². The summed E-state index contributed by atoms with van der Waals surface area (Å²) in [6.45, 7) is 0.690. The highest BCUT2D eigenvalue weighted by Gasteiger charge is 1.97. The third-order valence-corrected chi connectivity index (χ3v) is 2.38. The lowest BCUT2D eigenvalue weighted by Gasteiger charge is -2.07. The van der Waals surface area contributed by atoms with Crippen molar-refractivity contribution < 1.29 is 4.74 Å². The van der Waals surface area contributed by atoms with Gasteiger partial charge in [0.15, 0.2) is 0 Å². The van der Waals surface area contributed by atoms with E-state index in [-0.39, 0.29) is 0 Å². The Kier molecular flexibility index (Phi) is 3.47. The van der Waals surface area contributed by atoms with Crippen LogP contribution in [0.3, 0.4) is 0 Å². The largest absolute Gasteiger partial charge is 0.492 e. The lowest BCUT2D eigenvalue weighted by atomic mass is 10.3. The molecular formula is C12H13N3O3. The Morgan fingerprint density at radius 1 is 1.17 bits per heavy atom. The van der Waals surface area contributed by atoms with Crippen LogP contribution in [-0.2, 0) is 6.54 Å². The van der Waals surface area contributed by atoms with Crippen LogP contribution in [0.15, 0.2) is 46.1 Å². The molecule has 3 N–H and O–H groups in total. The molecule has 1 aromatic carbocycles. The maximum Gasteiger partial charge on any atom is 0.328 e. The first-order valence-electron chi connectivity index (χ1n) is 5.43. The van der Waals surface area contributed by atoms with Crippen LogP contribution in [0.1, 0.15) is 0 Å². The maximum atomic E-state index is 11.4. The van der Waals surface area contributed by atoms with Gasteiger partial charge >= 0.3 is 5.69 Å². The van der Waals surface area contributed by atoms with Gasteiger partial charge in [-0.15, -0.1) is 0 Å². The van der Waals surface area contributed by atoms with E-state index in [9.17, 15) is 9.59 Å². The summed E-state index contributed by atoms with van der Waals surface area (Å²) in [6.07, 6.45) is 1.44. The molecule has 0 bridgehead atoms. The number of rotatable bonds is 4. The van der Waals surface area contributed by atoms with Crippen LogP contribution in [0.4, 0.5) is 5.69 Å². The van der Waals surface area contributed by atoms with Gasteiger partial charge in [-0.25, -0.2) is 4.79 Å². The lowest BCUT2D eigenvalue weighted by molar-refractivity contribution is 0.295. The first-order chi connectivity index (χ1) is 8.65. The number of nitrogens with two attached hydrogens (primary N) is 1. The molecule has 0 fully saturated rings. The number of benzene rings is 1. The summed E-state index contributed by atoms with van der Waals surface area (Å²) >= 11 is 0. The smallest absolute Gasteiger partial charge is 0.328 e. The lowest BCUT2D eigenvalue weighted by Crippen LogP contribution is -2.30. The number of ether oxygens (including phenoxy) is 1. The average Bonchev–Trinajstić information content (AvgIpc) is 2.34. The molecule has 0 atom stereocenters. The summed E-state index contributed by atoms with van der Waals surface area (Å²) in [5.41, 5.74) is 5.36. The Morgan fingerprint density at radius 2 is 1.89 bits per heavy atom. The van der Waals surface area contributed by atoms with Crippen molar-refractivity contribution in [1.82, 2.24) is 9.55 Å². The topological polar surface area (TPSA) is 90.1 Å². The van der Waals surface area contributed by atoms with Crippen LogP contribution in [0.25, 0.3) is 0 Å². The number of nitrogens with zero attached hydrogens (tertiary/aromatic N) is 1. The predicted octanol–water partition coefficient (Wildman–Crippen LogP) is 0.198. The molecule has 0 unspecified atom stereocenters. The molecule has 0 saturated carbocycles. The standard InChI is InChI=1S/C12H13N3O3/c13-9-1-3-10(4-2-9)18-8-7-15-6-5-11(16)14-12(15)17/h1-6H,7-8,13H2,(H,14,16,17). The predicted molar refractivity (Wildman–Crippen MR) is 67.7 cm³/mol. The number of anilines is 1. The molecule has 0 aliphatic carbocycles. The molecule has 0 spiro atoms. The number of hydrogen-bond acceptors (Lipinski definition) is 4. The van der Waals surface area contributed by atoms with E-state index in [0.717, 1.165) is 0 Å². The van der Waals surface area contributed by atoms with Crippen molar-refractivity contribution in [2.75, 3.05) is 12.3 Å². The van der Waals surface area contributed by atoms with Gasteiger partial charge in [-0.05, 0) is 24.3 Å². The van der Waals surface area contributed by atoms with Crippen LogP contribution in [0, 0.1) is 0 Å². The summed E-state index contributed by atoms with van der Waals surface area (Å²) in [7, 11) is 0. The molecule has 0 saturated heterocycles. The van der Waals surface area contributed by atoms with Gasteiger partial charge in [0.05, 0.1) is 6.54 Å². The zero-order valence-corrected chi connectivity index (χ0v) is 9.63. The van der Waals surface area contributed by atoms with Crippen molar-refractivity contribution in [1.29, 1.82) is 0 Å². The molecular weight excluding hydrogens is 234 g/mol. The van der Waals surface area contributed by atoms with Crippen molar-refractivity contribution in [3.8, 4) is 5.75 Å². The Balaban J connectivity index is 1.94. The second-order valence-electron chi connectivity index (χ2n) is 3.72. The Bertz CT molecular complexity index is 628. The molecule has 6 nitrogen and oxygen atoms in total. The monoisotopic (exact) mass is 247 g/mol. The van der Waals surface area contributed by atoms with Gasteiger partial charge in [-0.3, -0.25) is 14.3 Å². The normalized spacial score (nSPS) is 10.2. The molecule has 6 heteroatoms. The first-order valence-corrected chi connectivity index (χ1v) is 5.43. The number of hydrogen-bond donors (Lipinski definition) is 2.